The second kappa shape index (κ2) is 5.95. The van der Waals surface area contributed by atoms with Crippen LogP contribution >= 0.6 is 0 Å². The highest BCUT2D eigenvalue weighted by Crippen LogP contribution is 2.24. The molecule has 0 radical (unpaired) electrons. The number of rotatable bonds is 4. The van der Waals surface area contributed by atoms with E-state index in [1.165, 1.54) is 18.3 Å². The van der Waals surface area contributed by atoms with Crippen LogP contribution in [0.2, 0.25) is 0 Å². The summed E-state index contributed by atoms with van der Waals surface area (Å²) in [6.07, 6.45) is -3.10. The molecule has 9 heteroatoms. The molecule has 21 heavy (non-hydrogen) atoms. The van der Waals surface area contributed by atoms with Crippen LogP contribution in [0.1, 0.15) is 0 Å². The van der Waals surface area contributed by atoms with Gasteiger partial charge in [-0.05, 0) is 12.1 Å². The summed E-state index contributed by atoms with van der Waals surface area (Å²) < 4.78 is 24.7. The lowest BCUT2D eigenvalue weighted by Crippen LogP contribution is -2.72. The Morgan fingerprint density at radius 1 is 1.33 bits per heavy atom. The maximum atomic E-state index is 12.3. The van der Waals surface area contributed by atoms with Crippen LogP contribution in [0.3, 0.4) is 0 Å². The largest absolute Gasteiger partial charge is 0.394 e. The second-order valence-corrected chi connectivity index (χ2v) is 7.06. The van der Waals surface area contributed by atoms with Gasteiger partial charge >= 0.3 is 0 Å². The second-order valence-electron chi connectivity index (χ2n) is 5.12. The van der Waals surface area contributed by atoms with Gasteiger partial charge in [-0.2, -0.15) is 0 Å². The number of nitrogens with zero attached hydrogens (tertiary/aromatic N) is 1. The number of β-amino-alcohol motifs (C(OH)–C–C–N with tert-alkyl or cyclic N) is 1. The average molecular weight is 318 g/mol. The first-order valence-corrected chi connectivity index (χ1v) is 8.01. The maximum Gasteiger partial charge on any atom is 0.197 e. The maximum absolute atomic E-state index is 12.3. The summed E-state index contributed by atoms with van der Waals surface area (Å²) in [5, 5.41) is 41.2. The molecule has 1 aliphatic rings. The predicted molar refractivity (Wildman–Crippen MR) is 72.1 cm³/mol. The molecule has 0 bridgehead atoms. The third-order valence-corrected chi connectivity index (χ3v) is 5.41. The summed E-state index contributed by atoms with van der Waals surface area (Å²) in [5.74, 6) is -0.654. The Hall–Kier alpha value is -1.10. The minimum absolute atomic E-state index is 0.142. The van der Waals surface area contributed by atoms with Gasteiger partial charge in [-0.25, -0.2) is 13.4 Å². The highest BCUT2D eigenvalue weighted by molar-refractivity contribution is 7.91. The zero-order chi connectivity index (χ0) is 15.7. The fourth-order valence-corrected chi connectivity index (χ4v) is 4.04. The number of sulfone groups is 1. The van der Waals surface area contributed by atoms with Gasteiger partial charge in [0.15, 0.2) is 14.9 Å². The van der Waals surface area contributed by atoms with Gasteiger partial charge in [0.1, 0.15) is 12.2 Å². The molecule has 2 rings (SSSR count). The van der Waals surface area contributed by atoms with Crippen LogP contribution in [0.25, 0.3) is 0 Å². The van der Waals surface area contributed by atoms with E-state index in [-0.39, 0.29) is 11.6 Å². The van der Waals surface area contributed by atoms with Crippen molar-refractivity contribution in [3.63, 3.8) is 0 Å². The van der Waals surface area contributed by atoms with Crippen LogP contribution in [-0.2, 0) is 9.84 Å². The van der Waals surface area contributed by atoms with Gasteiger partial charge in [0.05, 0.1) is 24.0 Å². The number of aliphatic hydroxyl groups is 4. The van der Waals surface area contributed by atoms with Crippen molar-refractivity contribution in [3.05, 3.63) is 24.4 Å². The van der Waals surface area contributed by atoms with Gasteiger partial charge in [-0.15, -0.1) is 0 Å². The molecule has 1 saturated heterocycles. The molecular formula is C12H18N2O6S. The Morgan fingerprint density at radius 3 is 2.62 bits per heavy atom. The van der Waals surface area contributed by atoms with E-state index in [1.54, 1.807) is 6.07 Å². The van der Waals surface area contributed by atoms with Crippen LogP contribution in [0.4, 0.5) is 0 Å². The van der Waals surface area contributed by atoms with E-state index in [0.717, 1.165) is 0 Å². The van der Waals surface area contributed by atoms with E-state index in [2.05, 4.69) is 10.3 Å². The summed E-state index contributed by atoms with van der Waals surface area (Å²) in [6.45, 7) is -0.861. The third-order valence-electron chi connectivity index (χ3n) is 3.63. The summed E-state index contributed by atoms with van der Waals surface area (Å²) in [6, 6.07) is 4.38. The Morgan fingerprint density at radius 2 is 2.05 bits per heavy atom. The van der Waals surface area contributed by atoms with Gasteiger partial charge in [0.2, 0.25) is 0 Å². The first-order valence-electron chi connectivity index (χ1n) is 6.36. The number of aliphatic hydroxyl groups excluding tert-OH is 4. The zero-order valence-electron chi connectivity index (χ0n) is 11.1. The van der Waals surface area contributed by atoms with Gasteiger partial charge in [0.25, 0.3) is 0 Å². The SMILES string of the molecule is O=S(=O)(C[C@]1(CO)NC[C@H](O)[C@@H](O)[C@@H]1O)c1ccccn1. The van der Waals surface area contributed by atoms with Crippen LogP contribution < -0.4 is 5.32 Å². The molecule has 0 saturated carbocycles. The van der Waals surface area contributed by atoms with Crippen molar-refractivity contribution in [2.75, 3.05) is 18.9 Å². The average Bonchev–Trinajstić information content (AvgIpc) is 2.49. The predicted octanol–water partition coefficient (Wildman–Crippen LogP) is -2.73. The lowest BCUT2D eigenvalue weighted by atomic mass is 9.85. The van der Waals surface area contributed by atoms with Gasteiger partial charge in [-0.1, -0.05) is 6.07 Å². The normalized spacial score (nSPS) is 33.8. The number of hydrogen-bond acceptors (Lipinski definition) is 8. The molecule has 8 nitrogen and oxygen atoms in total. The fraction of sp³-hybridized carbons (Fsp3) is 0.583. The first-order chi connectivity index (χ1) is 9.82. The molecule has 5 N–H and O–H groups in total. The van der Waals surface area contributed by atoms with E-state index < -0.39 is 46.0 Å². The van der Waals surface area contributed by atoms with Gasteiger partial charge < -0.3 is 25.7 Å². The van der Waals surface area contributed by atoms with Crippen LogP contribution in [0, 0.1) is 0 Å². The summed E-state index contributed by atoms with van der Waals surface area (Å²) >= 11 is 0. The van der Waals surface area contributed by atoms with E-state index >= 15 is 0 Å². The molecule has 1 aromatic rings. The number of pyridine rings is 1. The quantitative estimate of drug-likeness (QED) is 0.403. The molecule has 1 aromatic heterocycles. The molecule has 1 fully saturated rings. The molecule has 118 valence electrons. The van der Waals surface area contributed by atoms with Crippen molar-refractivity contribution < 1.29 is 28.8 Å². The van der Waals surface area contributed by atoms with E-state index in [1.807, 2.05) is 0 Å². The van der Waals surface area contributed by atoms with Crippen molar-refractivity contribution in [3.8, 4) is 0 Å². The van der Waals surface area contributed by atoms with Crippen LogP contribution in [0.5, 0.6) is 0 Å². The monoisotopic (exact) mass is 318 g/mol. The molecule has 4 atom stereocenters. The summed E-state index contributed by atoms with van der Waals surface area (Å²) in [7, 11) is -3.89. The topological polar surface area (TPSA) is 140 Å². The lowest BCUT2D eigenvalue weighted by molar-refractivity contribution is -0.127. The van der Waals surface area contributed by atoms with Crippen LogP contribution in [-0.4, -0.2) is 76.6 Å². The summed E-state index contributed by atoms with van der Waals surface area (Å²) in [5.41, 5.74) is -1.66. The Balaban J connectivity index is 2.31. The minimum Gasteiger partial charge on any atom is -0.394 e. The number of aromatic nitrogens is 1. The number of nitrogens with one attached hydrogen (secondary N) is 1. The molecule has 2 heterocycles. The molecule has 0 unspecified atom stereocenters. The molecule has 0 aliphatic carbocycles. The van der Waals surface area contributed by atoms with Crippen molar-refractivity contribution in [1.82, 2.24) is 10.3 Å². The Bertz CT molecular complexity index is 581. The lowest BCUT2D eigenvalue weighted by Gasteiger charge is -2.45. The Kier molecular flexibility index (Phi) is 4.61. The standard InChI is InChI=1S/C12H18N2O6S/c15-6-12(11(18)10(17)8(16)5-14-12)7-21(19,20)9-3-1-2-4-13-9/h1-4,8,10-11,14-18H,5-7H2/t8-,10+,11-,12-/m0/s1. The van der Waals surface area contributed by atoms with Gasteiger partial charge in [-0.3, -0.25) is 0 Å². The Labute approximate surface area is 122 Å². The molecule has 0 aromatic carbocycles. The highest BCUT2D eigenvalue weighted by Gasteiger charge is 2.50. The van der Waals surface area contributed by atoms with E-state index in [4.69, 9.17) is 0 Å². The fourth-order valence-electron chi connectivity index (χ4n) is 2.35. The van der Waals surface area contributed by atoms with E-state index in [9.17, 15) is 28.8 Å². The number of piperidine rings is 1. The summed E-state index contributed by atoms with van der Waals surface area (Å²) in [4.78, 5) is 3.75. The van der Waals surface area contributed by atoms with Crippen LogP contribution in [0.15, 0.2) is 29.4 Å². The molecular weight excluding hydrogens is 300 g/mol. The molecule has 1 aliphatic heterocycles. The highest BCUT2D eigenvalue weighted by atomic mass is 32.2. The van der Waals surface area contributed by atoms with Gasteiger partial charge in [0, 0.05) is 12.7 Å². The zero-order valence-corrected chi connectivity index (χ0v) is 11.9. The van der Waals surface area contributed by atoms with E-state index in [0.29, 0.717) is 0 Å². The first kappa shape index (κ1) is 16.3. The van der Waals surface area contributed by atoms with Crippen molar-refractivity contribution in [1.29, 1.82) is 0 Å². The third kappa shape index (κ3) is 3.07. The van der Waals surface area contributed by atoms with Crippen molar-refractivity contribution in [2.45, 2.75) is 28.9 Å². The smallest absolute Gasteiger partial charge is 0.197 e. The molecule has 0 amide bonds. The van der Waals surface area contributed by atoms with Crippen molar-refractivity contribution in [2.24, 2.45) is 0 Å². The van der Waals surface area contributed by atoms with Crippen molar-refractivity contribution >= 4 is 9.84 Å². The minimum atomic E-state index is -3.89. The molecule has 0 spiro atoms. The number of hydrogen-bond donors (Lipinski definition) is 5.